The lowest BCUT2D eigenvalue weighted by molar-refractivity contribution is 0.0629. The molecule has 1 aliphatic heterocycles. The topological polar surface area (TPSA) is 84.3 Å². The van der Waals surface area contributed by atoms with Crippen molar-refractivity contribution in [2.45, 2.75) is 19.4 Å². The van der Waals surface area contributed by atoms with Crippen molar-refractivity contribution in [3.63, 3.8) is 0 Å². The molecular weight excluding hydrogens is 496 g/mol. The number of aryl methyl sites for hydroxylation is 2. The number of nitrogens with one attached hydrogen (secondary N) is 1. The average molecular weight is 519 g/mol. The Balaban J connectivity index is 1.39. The zero-order valence-corrected chi connectivity index (χ0v) is 21.3. The lowest BCUT2D eigenvalue weighted by atomic mass is 10.0. The van der Waals surface area contributed by atoms with Gasteiger partial charge in [0.25, 0.3) is 17.7 Å². The fraction of sp³-hybridized carbons (Fsp3) is 0.185. The van der Waals surface area contributed by atoms with E-state index in [1.165, 1.54) is 16.2 Å². The molecule has 0 saturated heterocycles. The lowest BCUT2D eigenvalue weighted by Gasteiger charge is -2.24. The van der Waals surface area contributed by atoms with Crippen molar-refractivity contribution in [1.29, 1.82) is 0 Å². The fourth-order valence-electron chi connectivity index (χ4n) is 4.34. The summed E-state index contributed by atoms with van der Waals surface area (Å²) < 4.78 is 1.75. The molecule has 1 aliphatic rings. The first-order valence-corrected chi connectivity index (χ1v) is 12.7. The van der Waals surface area contributed by atoms with Gasteiger partial charge >= 0.3 is 0 Å². The molecule has 3 heterocycles. The highest BCUT2D eigenvalue weighted by atomic mass is 35.5. The van der Waals surface area contributed by atoms with Crippen LogP contribution in [0.5, 0.6) is 0 Å². The van der Waals surface area contributed by atoms with Gasteiger partial charge in [0.2, 0.25) is 0 Å². The molecule has 9 heteroatoms. The molecule has 4 aromatic rings. The second-order valence-electron chi connectivity index (χ2n) is 8.76. The minimum absolute atomic E-state index is 0.0452. The van der Waals surface area contributed by atoms with E-state index in [2.05, 4.69) is 10.4 Å². The van der Waals surface area contributed by atoms with Crippen LogP contribution in [-0.4, -0.2) is 45.0 Å². The monoisotopic (exact) mass is 518 g/mol. The third-order valence-electron chi connectivity index (χ3n) is 6.27. The van der Waals surface area contributed by atoms with Crippen LogP contribution in [-0.2, 0) is 13.5 Å². The molecular formula is C27H23ClN4O3S. The summed E-state index contributed by atoms with van der Waals surface area (Å²) in [6.07, 6.45) is 2.11. The van der Waals surface area contributed by atoms with Crippen molar-refractivity contribution in [3.8, 4) is 11.3 Å². The first-order chi connectivity index (χ1) is 17.3. The highest BCUT2D eigenvalue weighted by Gasteiger charge is 2.36. The van der Waals surface area contributed by atoms with Crippen LogP contribution in [0.25, 0.3) is 11.3 Å². The number of thiophene rings is 1. The Labute approximate surface area is 217 Å². The van der Waals surface area contributed by atoms with Gasteiger partial charge in [0.1, 0.15) is 0 Å². The number of benzene rings is 2. The summed E-state index contributed by atoms with van der Waals surface area (Å²) in [5.74, 6) is -0.981. The van der Waals surface area contributed by atoms with Crippen LogP contribution in [0.2, 0.25) is 5.02 Å². The molecule has 0 spiro atoms. The van der Waals surface area contributed by atoms with Gasteiger partial charge in [-0.2, -0.15) is 5.10 Å². The van der Waals surface area contributed by atoms with Crippen LogP contribution in [0, 0.1) is 6.92 Å². The number of carbonyl (C=O) groups excluding carboxylic acids is 3. The summed E-state index contributed by atoms with van der Waals surface area (Å²) in [4.78, 5) is 41.0. The molecule has 1 N–H and O–H groups in total. The highest BCUT2D eigenvalue weighted by molar-refractivity contribution is 7.12. The first-order valence-electron chi connectivity index (χ1n) is 11.4. The number of hydrogen-bond acceptors (Lipinski definition) is 5. The van der Waals surface area contributed by atoms with Crippen LogP contribution in [0.4, 0.5) is 0 Å². The molecule has 2 aromatic carbocycles. The van der Waals surface area contributed by atoms with E-state index < -0.39 is 6.04 Å². The van der Waals surface area contributed by atoms with Gasteiger partial charge in [-0.1, -0.05) is 35.9 Å². The lowest BCUT2D eigenvalue weighted by Crippen LogP contribution is -2.46. The van der Waals surface area contributed by atoms with E-state index >= 15 is 0 Å². The van der Waals surface area contributed by atoms with E-state index in [4.69, 9.17) is 11.6 Å². The Morgan fingerprint density at radius 2 is 1.81 bits per heavy atom. The summed E-state index contributed by atoms with van der Waals surface area (Å²) in [5, 5.41) is 9.76. The summed E-state index contributed by atoms with van der Waals surface area (Å²) in [6.45, 7) is 1.96. The number of fused-ring (bicyclic) bond motifs is 1. The minimum atomic E-state index is -0.513. The number of carbonyl (C=O) groups is 3. The second kappa shape index (κ2) is 9.72. The second-order valence-corrected chi connectivity index (χ2v) is 10.1. The predicted molar refractivity (Wildman–Crippen MR) is 139 cm³/mol. The number of halogens is 1. The van der Waals surface area contributed by atoms with Gasteiger partial charge in [0.05, 0.1) is 27.7 Å². The highest BCUT2D eigenvalue weighted by Crippen LogP contribution is 2.26. The van der Waals surface area contributed by atoms with Gasteiger partial charge in [0.15, 0.2) is 0 Å². The average Bonchev–Trinajstić information content (AvgIpc) is 3.57. The van der Waals surface area contributed by atoms with E-state index in [9.17, 15) is 14.4 Å². The standard InChI is InChI=1S/C27H23ClN4O3S/c1-16-7-8-17(12-22(16)28)11-19(14-32-26(34)20-5-3-4-6-21(20)27(32)35)30-25(33)24-13-18(15-36-24)23-9-10-29-31(23)2/h3-10,12-13,15,19H,11,14H2,1-2H3,(H,30,33)/t19-/m0/s1. The van der Waals surface area contributed by atoms with Gasteiger partial charge in [-0.3, -0.25) is 24.0 Å². The smallest absolute Gasteiger partial charge is 0.261 e. The largest absolute Gasteiger partial charge is 0.346 e. The van der Waals surface area contributed by atoms with Gasteiger partial charge in [-0.05, 0) is 54.8 Å². The van der Waals surface area contributed by atoms with Gasteiger partial charge < -0.3 is 5.32 Å². The van der Waals surface area contributed by atoms with E-state index in [-0.39, 0.29) is 24.3 Å². The van der Waals surface area contributed by atoms with Gasteiger partial charge in [0, 0.05) is 35.8 Å². The van der Waals surface area contributed by atoms with Gasteiger partial charge in [-0.15, -0.1) is 11.3 Å². The molecule has 0 fully saturated rings. The molecule has 0 saturated carbocycles. The van der Waals surface area contributed by atoms with Crippen LogP contribution in [0.1, 0.15) is 41.5 Å². The third kappa shape index (κ3) is 4.57. The summed E-state index contributed by atoms with van der Waals surface area (Å²) in [7, 11) is 1.84. The number of rotatable bonds is 7. The zero-order valence-electron chi connectivity index (χ0n) is 19.7. The van der Waals surface area contributed by atoms with E-state index in [1.54, 1.807) is 35.1 Å². The molecule has 7 nitrogen and oxygen atoms in total. The maximum Gasteiger partial charge on any atom is 0.261 e. The van der Waals surface area contributed by atoms with Crippen molar-refractivity contribution in [2.24, 2.45) is 7.05 Å². The maximum atomic E-state index is 13.3. The molecule has 0 bridgehead atoms. The van der Waals surface area contributed by atoms with Crippen molar-refractivity contribution < 1.29 is 14.4 Å². The molecule has 36 heavy (non-hydrogen) atoms. The quantitative estimate of drug-likeness (QED) is 0.358. The third-order valence-corrected chi connectivity index (χ3v) is 7.61. The summed E-state index contributed by atoms with van der Waals surface area (Å²) >= 11 is 7.66. The predicted octanol–water partition coefficient (Wildman–Crippen LogP) is 4.75. The summed E-state index contributed by atoms with van der Waals surface area (Å²) in [5.41, 5.74) is 4.40. The Kier molecular flexibility index (Phi) is 6.47. The maximum absolute atomic E-state index is 13.3. The molecule has 0 aliphatic carbocycles. The van der Waals surface area contributed by atoms with Gasteiger partial charge in [-0.25, -0.2) is 0 Å². The number of aromatic nitrogens is 2. The normalized spacial score (nSPS) is 13.7. The fourth-order valence-corrected chi connectivity index (χ4v) is 5.34. The van der Waals surface area contributed by atoms with Crippen LogP contribution in [0.3, 0.4) is 0 Å². The van der Waals surface area contributed by atoms with E-state index in [1.807, 2.05) is 49.7 Å². The van der Waals surface area contributed by atoms with Crippen LogP contribution in [0.15, 0.2) is 66.2 Å². The van der Waals surface area contributed by atoms with E-state index in [0.29, 0.717) is 27.4 Å². The molecule has 3 amide bonds. The Hall–Kier alpha value is -3.75. The Bertz CT molecular complexity index is 1460. The molecule has 1 atom stereocenters. The minimum Gasteiger partial charge on any atom is -0.346 e. The Morgan fingerprint density at radius 3 is 2.44 bits per heavy atom. The van der Waals surface area contributed by atoms with Crippen molar-refractivity contribution in [1.82, 2.24) is 20.0 Å². The molecule has 0 radical (unpaired) electrons. The number of imide groups is 1. The first kappa shape index (κ1) is 24.0. The van der Waals surface area contributed by atoms with Crippen molar-refractivity contribution in [2.75, 3.05) is 6.54 Å². The van der Waals surface area contributed by atoms with Crippen LogP contribution >= 0.6 is 22.9 Å². The Morgan fingerprint density at radius 1 is 1.08 bits per heavy atom. The van der Waals surface area contributed by atoms with Crippen molar-refractivity contribution >= 4 is 40.7 Å². The zero-order chi connectivity index (χ0) is 25.4. The molecule has 2 aromatic heterocycles. The number of nitrogens with zero attached hydrogens (tertiary/aromatic N) is 3. The molecule has 182 valence electrons. The van der Waals surface area contributed by atoms with Crippen LogP contribution < -0.4 is 5.32 Å². The molecule has 5 rings (SSSR count). The SMILES string of the molecule is Cc1ccc(C[C@@H](CN2C(=O)c3ccccc3C2=O)NC(=O)c2cc(-c3ccnn3C)cs2)cc1Cl. The molecule has 0 unspecified atom stereocenters. The number of amides is 3. The number of hydrogen-bond donors (Lipinski definition) is 1. The van der Waals surface area contributed by atoms with E-state index in [0.717, 1.165) is 22.4 Å². The van der Waals surface area contributed by atoms with Crippen molar-refractivity contribution in [3.05, 3.63) is 98.3 Å². The summed E-state index contributed by atoms with van der Waals surface area (Å²) in [6, 6.07) is 15.7.